The summed E-state index contributed by atoms with van der Waals surface area (Å²) in [5.41, 5.74) is 2.43. The number of rotatable bonds is 9. The zero-order valence-electron chi connectivity index (χ0n) is 14.4. The number of carbonyl (C=O) groups is 1. The monoisotopic (exact) mass is 317 g/mol. The van der Waals surface area contributed by atoms with Crippen molar-refractivity contribution in [3.05, 3.63) is 41.5 Å². The molecule has 1 aromatic carbocycles. The topological polar surface area (TPSA) is 70.4 Å². The lowest BCUT2D eigenvalue weighted by molar-refractivity contribution is -0.137. The van der Waals surface area contributed by atoms with Gasteiger partial charge in [-0.2, -0.15) is 0 Å². The summed E-state index contributed by atoms with van der Waals surface area (Å²) in [7, 11) is 1.62. The third-order valence-corrected chi connectivity index (χ3v) is 4.05. The Labute approximate surface area is 138 Å². The summed E-state index contributed by atoms with van der Waals surface area (Å²) in [5, 5.41) is 17.2. The van der Waals surface area contributed by atoms with E-state index in [1.165, 1.54) is 0 Å². The van der Waals surface area contributed by atoms with Crippen LogP contribution in [0.5, 0.6) is 5.75 Å². The van der Waals surface area contributed by atoms with E-state index in [-0.39, 0.29) is 18.3 Å². The molecule has 0 fully saturated rings. The van der Waals surface area contributed by atoms with Crippen LogP contribution in [0.15, 0.2) is 35.9 Å². The lowest BCUT2D eigenvalue weighted by Gasteiger charge is -2.22. The molecule has 0 saturated heterocycles. The predicted octanol–water partition coefficient (Wildman–Crippen LogP) is 4.54. The normalized spacial score (nSPS) is 13.0. The summed E-state index contributed by atoms with van der Waals surface area (Å²) >= 11 is 0. The molecular weight excluding hydrogens is 290 g/mol. The quantitative estimate of drug-likeness (QED) is 0.657. The van der Waals surface area contributed by atoms with Crippen LogP contribution in [0.25, 0.3) is 0 Å². The second kappa shape index (κ2) is 9.13. The highest BCUT2D eigenvalue weighted by atomic mass is 16.5. The molecule has 2 N–H and O–H groups in total. The van der Waals surface area contributed by atoms with E-state index in [9.17, 15) is 4.79 Å². The molecule has 1 rings (SSSR count). The van der Waals surface area contributed by atoms with Crippen molar-refractivity contribution in [2.75, 3.05) is 7.11 Å². The van der Waals surface area contributed by atoms with Gasteiger partial charge in [-0.25, -0.2) is 0 Å². The number of allylic oxidation sites excluding steroid dienone is 2. The lowest BCUT2D eigenvalue weighted by Crippen LogP contribution is -2.13. The largest absolute Gasteiger partial charge is 0.497 e. The second-order valence-electron chi connectivity index (χ2n) is 5.98. The Balaban J connectivity index is 2.98. The summed E-state index contributed by atoms with van der Waals surface area (Å²) in [6.45, 7) is 6.26. The first-order valence-electron chi connectivity index (χ1n) is 8.05. The minimum Gasteiger partial charge on any atom is -0.497 e. The van der Waals surface area contributed by atoms with Crippen molar-refractivity contribution in [2.24, 2.45) is 11.8 Å². The average Bonchev–Trinajstić information content (AvgIpc) is 2.53. The third-order valence-electron chi connectivity index (χ3n) is 4.05. The van der Waals surface area contributed by atoms with Gasteiger partial charge in [0.05, 0.1) is 12.8 Å². The molecule has 23 heavy (non-hydrogen) atoms. The maximum absolute atomic E-state index is 10.8. The first-order valence-corrected chi connectivity index (χ1v) is 8.05. The van der Waals surface area contributed by atoms with Crippen LogP contribution in [-0.2, 0) is 4.79 Å². The fourth-order valence-corrected chi connectivity index (χ4v) is 2.68. The van der Waals surface area contributed by atoms with Gasteiger partial charge in [0.1, 0.15) is 5.75 Å². The number of aliphatic carboxylic acids is 1. The molecule has 126 valence electrons. The van der Waals surface area contributed by atoms with Crippen molar-refractivity contribution >= 4 is 11.7 Å². The molecule has 0 heterocycles. The number of methoxy groups -OCH3 is 1. The fraction of sp³-hybridized carbons (Fsp3) is 0.474. The zero-order valence-corrected chi connectivity index (χ0v) is 14.4. The fourth-order valence-electron chi connectivity index (χ4n) is 2.68. The van der Waals surface area contributed by atoms with Crippen molar-refractivity contribution in [3.63, 3.8) is 0 Å². The van der Waals surface area contributed by atoms with E-state index < -0.39 is 5.97 Å². The van der Waals surface area contributed by atoms with Gasteiger partial charge in [-0.15, -0.1) is 0 Å². The first-order chi connectivity index (χ1) is 10.9. The summed E-state index contributed by atoms with van der Waals surface area (Å²) in [6.07, 6.45) is 3.57. The SMILES string of the molecule is CCC(CCC(=O)O)C(=CC(=N)c1ccc(OC)cc1)C(C)C. The van der Waals surface area contributed by atoms with Gasteiger partial charge in [-0.05, 0) is 60.6 Å². The average molecular weight is 317 g/mol. The molecule has 0 spiro atoms. The van der Waals surface area contributed by atoms with Crippen LogP contribution >= 0.6 is 0 Å². The Morgan fingerprint density at radius 3 is 2.35 bits per heavy atom. The molecule has 0 aromatic heterocycles. The van der Waals surface area contributed by atoms with Crippen LogP contribution in [0, 0.1) is 17.2 Å². The van der Waals surface area contributed by atoms with Gasteiger partial charge in [0.2, 0.25) is 0 Å². The molecule has 0 radical (unpaired) electrons. The molecule has 1 unspecified atom stereocenters. The van der Waals surface area contributed by atoms with Crippen LogP contribution < -0.4 is 4.74 Å². The number of hydrogen-bond acceptors (Lipinski definition) is 3. The Bertz CT molecular complexity index is 558. The molecule has 4 nitrogen and oxygen atoms in total. The van der Waals surface area contributed by atoms with Gasteiger partial charge in [-0.1, -0.05) is 26.3 Å². The minimum absolute atomic E-state index is 0.165. The van der Waals surface area contributed by atoms with Gasteiger partial charge in [0.15, 0.2) is 0 Å². The summed E-state index contributed by atoms with van der Waals surface area (Å²) < 4.78 is 5.14. The summed E-state index contributed by atoms with van der Waals surface area (Å²) in [6, 6.07) is 7.42. The van der Waals surface area contributed by atoms with Gasteiger partial charge in [0, 0.05) is 6.42 Å². The molecule has 4 heteroatoms. The molecular formula is C19H27NO3. The number of nitrogens with one attached hydrogen (secondary N) is 1. The molecule has 0 bridgehead atoms. The first kappa shape index (κ1) is 18.9. The van der Waals surface area contributed by atoms with Crippen molar-refractivity contribution < 1.29 is 14.6 Å². The Hall–Kier alpha value is -2.10. The molecule has 0 saturated carbocycles. The Morgan fingerprint density at radius 1 is 1.30 bits per heavy atom. The van der Waals surface area contributed by atoms with Crippen LogP contribution in [0.1, 0.15) is 45.6 Å². The zero-order chi connectivity index (χ0) is 17.4. The number of carboxylic acids is 1. The maximum atomic E-state index is 10.8. The highest BCUT2D eigenvalue weighted by molar-refractivity contribution is 6.07. The summed E-state index contributed by atoms with van der Waals surface area (Å²) in [5.74, 6) is 0.483. The second-order valence-corrected chi connectivity index (χ2v) is 5.98. The van der Waals surface area contributed by atoms with E-state index in [0.717, 1.165) is 23.3 Å². The lowest BCUT2D eigenvalue weighted by atomic mass is 9.83. The Kier molecular flexibility index (Phi) is 7.52. The third kappa shape index (κ3) is 5.89. The maximum Gasteiger partial charge on any atom is 0.303 e. The van der Waals surface area contributed by atoms with Crippen LogP contribution in [0.2, 0.25) is 0 Å². The molecule has 1 atom stereocenters. The standard InChI is InChI=1S/C19H27NO3/c1-5-14(8-11-19(21)22)17(13(2)3)12-18(20)15-6-9-16(23-4)10-7-15/h6-7,9-10,12-14,20H,5,8,11H2,1-4H3,(H,21,22). The van der Waals surface area contributed by atoms with Gasteiger partial charge >= 0.3 is 5.97 Å². The number of ether oxygens (including phenoxy) is 1. The van der Waals surface area contributed by atoms with Gasteiger partial charge in [0.25, 0.3) is 0 Å². The van der Waals surface area contributed by atoms with E-state index in [0.29, 0.717) is 12.1 Å². The van der Waals surface area contributed by atoms with Crippen LogP contribution in [0.3, 0.4) is 0 Å². The molecule has 1 aromatic rings. The van der Waals surface area contributed by atoms with E-state index in [1.54, 1.807) is 7.11 Å². The number of hydrogen-bond donors (Lipinski definition) is 2. The van der Waals surface area contributed by atoms with E-state index in [1.807, 2.05) is 30.3 Å². The van der Waals surface area contributed by atoms with Gasteiger partial charge in [-0.3, -0.25) is 4.79 Å². The van der Waals surface area contributed by atoms with Gasteiger partial charge < -0.3 is 15.3 Å². The smallest absolute Gasteiger partial charge is 0.303 e. The van der Waals surface area contributed by atoms with Crippen molar-refractivity contribution in [2.45, 2.75) is 40.0 Å². The van der Waals surface area contributed by atoms with Crippen molar-refractivity contribution in [3.8, 4) is 5.75 Å². The van der Waals surface area contributed by atoms with Crippen molar-refractivity contribution in [1.29, 1.82) is 5.41 Å². The Morgan fingerprint density at radius 2 is 1.91 bits per heavy atom. The minimum atomic E-state index is -0.767. The van der Waals surface area contributed by atoms with Crippen LogP contribution in [-0.4, -0.2) is 23.9 Å². The molecule has 0 amide bonds. The summed E-state index contributed by atoms with van der Waals surface area (Å²) in [4.78, 5) is 10.8. The number of carboxylic acid groups (broad SMARTS) is 1. The number of benzene rings is 1. The molecule has 0 aliphatic rings. The van der Waals surface area contributed by atoms with E-state index >= 15 is 0 Å². The van der Waals surface area contributed by atoms with E-state index in [2.05, 4.69) is 20.8 Å². The molecule has 0 aliphatic carbocycles. The predicted molar refractivity (Wildman–Crippen MR) is 93.4 cm³/mol. The molecule has 0 aliphatic heterocycles. The van der Waals surface area contributed by atoms with E-state index in [4.69, 9.17) is 15.3 Å². The highest BCUT2D eigenvalue weighted by Crippen LogP contribution is 2.28. The highest BCUT2D eigenvalue weighted by Gasteiger charge is 2.17. The van der Waals surface area contributed by atoms with Crippen LogP contribution in [0.4, 0.5) is 0 Å². The van der Waals surface area contributed by atoms with Crippen molar-refractivity contribution in [1.82, 2.24) is 0 Å².